The number of ether oxygens (including phenoxy) is 2. The average molecular weight is 405 g/mol. The van der Waals surface area contributed by atoms with Gasteiger partial charge in [0.2, 0.25) is 6.79 Å². The van der Waals surface area contributed by atoms with Gasteiger partial charge in [0.25, 0.3) is 0 Å². The van der Waals surface area contributed by atoms with Crippen LogP contribution in [-0.2, 0) is 6.54 Å². The number of fused-ring (bicyclic) bond motifs is 1. The summed E-state index contributed by atoms with van der Waals surface area (Å²) in [5.41, 5.74) is 3.34. The number of amides is 2. The highest BCUT2D eigenvalue weighted by molar-refractivity contribution is 5.89. The van der Waals surface area contributed by atoms with Gasteiger partial charge in [-0.2, -0.15) is 5.10 Å². The SMILES string of the molecule is O=C(NCc1cc(-c2ccccn2)n(C2CCCC2)n1)Nc1ccc2c(c1)OCO2. The minimum Gasteiger partial charge on any atom is -0.454 e. The van der Waals surface area contributed by atoms with E-state index in [2.05, 4.69) is 20.3 Å². The van der Waals surface area contributed by atoms with Crippen LogP contribution >= 0.6 is 0 Å². The first-order valence-corrected chi connectivity index (χ1v) is 10.2. The van der Waals surface area contributed by atoms with Crippen LogP contribution in [0.5, 0.6) is 11.5 Å². The lowest BCUT2D eigenvalue weighted by atomic mass is 10.2. The number of nitrogens with zero attached hydrogens (tertiary/aromatic N) is 3. The van der Waals surface area contributed by atoms with E-state index in [0.29, 0.717) is 29.8 Å². The first-order valence-electron chi connectivity index (χ1n) is 10.2. The topological polar surface area (TPSA) is 90.3 Å². The Labute approximate surface area is 174 Å². The summed E-state index contributed by atoms with van der Waals surface area (Å²) in [6.45, 7) is 0.531. The molecule has 8 nitrogen and oxygen atoms in total. The summed E-state index contributed by atoms with van der Waals surface area (Å²) in [6.07, 6.45) is 6.48. The van der Waals surface area contributed by atoms with Crippen molar-refractivity contribution in [3.8, 4) is 22.9 Å². The van der Waals surface area contributed by atoms with Crippen molar-refractivity contribution in [2.24, 2.45) is 0 Å². The van der Waals surface area contributed by atoms with Crippen molar-refractivity contribution in [3.05, 3.63) is 54.4 Å². The molecule has 3 heterocycles. The monoisotopic (exact) mass is 405 g/mol. The molecule has 2 aromatic heterocycles. The molecule has 1 fully saturated rings. The molecular formula is C22H23N5O3. The van der Waals surface area contributed by atoms with Crippen molar-refractivity contribution >= 4 is 11.7 Å². The molecule has 30 heavy (non-hydrogen) atoms. The highest BCUT2D eigenvalue weighted by Crippen LogP contribution is 2.34. The molecular weight excluding hydrogens is 382 g/mol. The summed E-state index contributed by atoms with van der Waals surface area (Å²) < 4.78 is 12.7. The number of urea groups is 1. The van der Waals surface area contributed by atoms with Gasteiger partial charge in [-0.05, 0) is 43.2 Å². The van der Waals surface area contributed by atoms with Gasteiger partial charge in [0.1, 0.15) is 0 Å². The Morgan fingerprint density at radius 1 is 1.10 bits per heavy atom. The standard InChI is InChI=1S/C22H23N5O3/c28-22(25-15-8-9-20-21(12-15)30-14-29-20)24-13-16-11-19(18-7-3-4-10-23-18)27(26-16)17-5-1-2-6-17/h3-4,7-12,17H,1-2,5-6,13-14H2,(H2,24,25,28). The van der Waals surface area contributed by atoms with E-state index in [0.717, 1.165) is 29.9 Å². The second kappa shape index (κ2) is 8.06. The average Bonchev–Trinajstić information content (AvgIpc) is 3.52. The molecule has 1 aromatic carbocycles. The third kappa shape index (κ3) is 3.80. The molecule has 0 unspecified atom stereocenters. The number of hydrogen-bond acceptors (Lipinski definition) is 5. The number of carbonyl (C=O) groups is 1. The van der Waals surface area contributed by atoms with Crippen LogP contribution in [-0.4, -0.2) is 27.6 Å². The van der Waals surface area contributed by atoms with E-state index in [-0.39, 0.29) is 12.8 Å². The summed E-state index contributed by atoms with van der Waals surface area (Å²) in [7, 11) is 0. The van der Waals surface area contributed by atoms with E-state index < -0.39 is 0 Å². The predicted molar refractivity (Wildman–Crippen MR) is 111 cm³/mol. The summed E-state index contributed by atoms with van der Waals surface area (Å²) >= 11 is 0. The van der Waals surface area contributed by atoms with Gasteiger partial charge in [0.05, 0.1) is 29.7 Å². The van der Waals surface area contributed by atoms with Crippen molar-refractivity contribution < 1.29 is 14.3 Å². The summed E-state index contributed by atoms with van der Waals surface area (Å²) in [4.78, 5) is 16.9. The highest BCUT2D eigenvalue weighted by atomic mass is 16.7. The van der Waals surface area contributed by atoms with Crippen LogP contribution in [0.4, 0.5) is 10.5 Å². The first-order chi connectivity index (χ1) is 14.8. The maximum Gasteiger partial charge on any atom is 0.319 e. The van der Waals surface area contributed by atoms with E-state index in [1.165, 1.54) is 12.8 Å². The number of anilines is 1. The van der Waals surface area contributed by atoms with E-state index >= 15 is 0 Å². The molecule has 1 saturated carbocycles. The molecule has 3 aromatic rings. The van der Waals surface area contributed by atoms with E-state index in [9.17, 15) is 4.79 Å². The van der Waals surface area contributed by atoms with Crippen molar-refractivity contribution in [3.63, 3.8) is 0 Å². The van der Waals surface area contributed by atoms with Crippen LogP contribution in [0.3, 0.4) is 0 Å². The quantitative estimate of drug-likeness (QED) is 0.667. The summed E-state index contributed by atoms with van der Waals surface area (Å²) in [5, 5.41) is 10.5. The minimum absolute atomic E-state index is 0.202. The molecule has 0 radical (unpaired) electrons. The molecule has 5 rings (SSSR count). The summed E-state index contributed by atoms with van der Waals surface area (Å²) in [6, 6.07) is 13.3. The van der Waals surface area contributed by atoms with Gasteiger partial charge >= 0.3 is 6.03 Å². The van der Waals surface area contributed by atoms with E-state index in [4.69, 9.17) is 14.6 Å². The predicted octanol–water partition coefficient (Wildman–Crippen LogP) is 4.11. The fraction of sp³-hybridized carbons (Fsp3) is 0.318. The largest absolute Gasteiger partial charge is 0.454 e. The Morgan fingerprint density at radius 3 is 2.80 bits per heavy atom. The Morgan fingerprint density at radius 2 is 1.97 bits per heavy atom. The zero-order valence-corrected chi connectivity index (χ0v) is 16.5. The zero-order valence-electron chi connectivity index (χ0n) is 16.5. The van der Waals surface area contributed by atoms with Gasteiger partial charge < -0.3 is 20.1 Å². The Kier molecular flexibility index (Phi) is 4.96. The van der Waals surface area contributed by atoms with Gasteiger partial charge in [-0.3, -0.25) is 9.67 Å². The number of benzene rings is 1. The smallest absolute Gasteiger partial charge is 0.319 e. The fourth-order valence-corrected chi connectivity index (χ4v) is 3.98. The van der Waals surface area contributed by atoms with Crippen molar-refractivity contribution in [1.82, 2.24) is 20.1 Å². The zero-order chi connectivity index (χ0) is 20.3. The number of hydrogen-bond donors (Lipinski definition) is 2. The van der Waals surface area contributed by atoms with Gasteiger partial charge in [0.15, 0.2) is 11.5 Å². The number of rotatable bonds is 5. The molecule has 2 amide bonds. The minimum atomic E-state index is -0.302. The molecule has 0 atom stereocenters. The molecule has 2 aliphatic rings. The van der Waals surface area contributed by atoms with Gasteiger partial charge in [-0.1, -0.05) is 18.9 Å². The molecule has 0 spiro atoms. The molecule has 2 N–H and O–H groups in total. The third-order valence-corrected chi connectivity index (χ3v) is 5.44. The van der Waals surface area contributed by atoms with Crippen LogP contribution in [0.1, 0.15) is 37.4 Å². The van der Waals surface area contributed by atoms with Crippen LogP contribution in [0, 0.1) is 0 Å². The third-order valence-electron chi connectivity index (χ3n) is 5.44. The lowest BCUT2D eigenvalue weighted by molar-refractivity contribution is 0.174. The molecule has 0 saturated heterocycles. The fourth-order valence-electron chi connectivity index (χ4n) is 3.98. The molecule has 8 heteroatoms. The van der Waals surface area contributed by atoms with Crippen molar-refractivity contribution in [2.45, 2.75) is 38.3 Å². The Hall–Kier alpha value is -3.55. The van der Waals surface area contributed by atoms with Gasteiger partial charge in [-0.25, -0.2) is 4.79 Å². The van der Waals surface area contributed by atoms with E-state index in [1.807, 2.05) is 24.3 Å². The molecule has 1 aliphatic heterocycles. The van der Waals surface area contributed by atoms with Gasteiger partial charge in [0, 0.05) is 18.0 Å². The maximum absolute atomic E-state index is 12.4. The lowest BCUT2D eigenvalue weighted by Crippen LogP contribution is -2.28. The van der Waals surface area contributed by atoms with E-state index in [1.54, 1.807) is 24.4 Å². The maximum atomic E-state index is 12.4. The second-order valence-corrected chi connectivity index (χ2v) is 7.49. The Bertz CT molecular complexity index is 1040. The van der Waals surface area contributed by atoms with Crippen molar-refractivity contribution in [2.75, 3.05) is 12.1 Å². The van der Waals surface area contributed by atoms with Crippen LogP contribution in [0.25, 0.3) is 11.4 Å². The first kappa shape index (κ1) is 18.5. The second-order valence-electron chi connectivity index (χ2n) is 7.49. The number of carbonyl (C=O) groups excluding carboxylic acids is 1. The van der Waals surface area contributed by atoms with Crippen LogP contribution < -0.4 is 20.1 Å². The van der Waals surface area contributed by atoms with Crippen molar-refractivity contribution in [1.29, 1.82) is 0 Å². The Balaban J connectivity index is 1.28. The normalized spacial score (nSPS) is 15.3. The number of nitrogens with one attached hydrogen (secondary N) is 2. The molecule has 0 bridgehead atoms. The molecule has 154 valence electrons. The number of aromatic nitrogens is 3. The highest BCUT2D eigenvalue weighted by Gasteiger charge is 2.22. The lowest BCUT2D eigenvalue weighted by Gasteiger charge is -2.13. The number of pyridine rings is 1. The summed E-state index contributed by atoms with van der Waals surface area (Å²) in [5.74, 6) is 1.31. The van der Waals surface area contributed by atoms with Crippen LogP contribution in [0.15, 0.2) is 48.7 Å². The molecule has 1 aliphatic carbocycles. The van der Waals surface area contributed by atoms with Crippen LogP contribution in [0.2, 0.25) is 0 Å². The van der Waals surface area contributed by atoms with Gasteiger partial charge in [-0.15, -0.1) is 0 Å².